The molecule has 1 N–H and O–H groups in total. The number of hydrogen-bond donors (Lipinski definition) is 1. The van der Waals surface area contributed by atoms with Crippen molar-refractivity contribution in [1.82, 2.24) is 15.0 Å². The number of nitrogens with zero attached hydrogens (tertiary/aromatic N) is 3. The van der Waals surface area contributed by atoms with Crippen molar-refractivity contribution in [2.75, 3.05) is 5.32 Å². The lowest BCUT2D eigenvalue weighted by atomic mass is 10.1. The van der Waals surface area contributed by atoms with Gasteiger partial charge in [0.05, 0.1) is 11.4 Å². The van der Waals surface area contributed by atoms with Crippen LogP contribution in [0.5, 0.6) is 0 Å². The fourth-order valence-corrected chi connectivity index (χ4v) is 2.77. The van der Waals surface area contributed by atoms with E-state index < -0.39 is 0 Å². The van der Waals surface area contributed by atoms with E-state index >= 15 is 0 Å². The van der Waals surface area contributed by atoms with Crippen molar-refractivity contribution in [1.29, 1.82) is 0 Å². The monoisotopic (exact) mass is 354 g/mol. The van der Waals surface area contributed by atoms with E-state index in [0.717, 1.165) is 17.7 Å². The molecule has 3 aromatic rings. The van der Waals surface area contributed by atoms with Crippen LogP contribution in [-0.4, -0.2) is 20.9 Å². The van der Waals surface area contributed by atoms with Crippen LogP contribution in [0.15, 0.2) is 42.5 Å². The molecule has 0 aliphatic heterocycles. The first-order valence-electron chi connectivity index (χ1n) is 8.08. The molecule has 0 atom stereocenters. The number of aromatic nitrogens is 3. The van der Waals surface area contributed by atoms with Crippen molar-refractivity contribution in [2.45, 2.75) is 27.2 Å². The molecule has 0 radical (unpaired) electrons. The van der Waals surface area contributed by atoms with Gasteiger partial charge < -0.3 is 5.32 Å². The molecule has 6 heteroatoms. The predicted molar refractivity (Wildman–Crippen MR) is 99.6 cm³/mol. The molecule has 2 aromatic carbocycles. The molecule has 25 heavy (non-hydrogen) atoms. The summed E-state index contributed by atoms with van der Waals surface area (Å²) in [7, 11) is 0. The Hall–Kier alpha value is -2.66. The molecule has 3 rings (SSSR count). The molecule has 0 aliphatic rings. The van der Waals surface area contributed by atoms with Gasteiger partial charge >= 0.3 is 0 Å². The number of rotatable bonds is 4. The molecular formula is C19H19ClN4O. The highest BCUT2D eigenvalue weighted by atomic mass is 35.5. The van der Waals surface area contributed by atoms with E-state index in [9.17, 15) is 4.79 Å². The molecule has 1 amide bonds. The third kappa shape index (κ3) is 3.56. The third-order valence-corrected chi connectivity index (χ3v) is 4.36. The Morgan fingerprint density at radius 1 is 1.20 bits per heavy atom. The second-order valence-electron chi connectivity index (χ2n) is 5.87. The van der Waals surface area contributed by atoms with Crippen molar-refractivity contribution in [3.8, 4) is 5.69 Å². The molecule has 128 valence electrons. The first kappa shape index (κ1) is 17.2. The van der Waals surface area contributed by atoms with E-state index in [1.54, 1.807) is 16.8 Å². The summed E-state index contributed by atoms with van der Waals surface area (Å²) >= 11 is 6.01. The smallest absolute Gasteiger partial charge is 0.278 e. The Labute approximate surface area is 151 Å². The number of halogens is 1. The lowest BCUT2D eigenvalue weighted by Crippen LogP contribution is -2.15. The normalized spacial score (nSPS) is 10.7. The summed E-state index contributed by atoms with van der Waals surface area (Å²) in [6, 6.07) is 13.4. The summed E-state index contributed by atoms with van der Waals surface area (Å²) in [5.74, 6) is -0.305. The second kappa shape index (κ2) is 7.07. The molecule has 0 aliphatic carbocycles. The van der Waals surface area contributed by atoms with Gasteiger partial charge in [0, 0.05) is 10.7 Å². The minimum absolute atomic E-state index is 0.293. The van der Waals surface area contributed by atoms with E-state index in [1.165, 1.54) is 5.56 Å². The Morgan fingerprint density at radius 2 is 2.00 bits per heavy atom. The minimum Gasteiger partial charge on any atom is -0.320 e. The number of amides is 1. The van der Waals surface area contributed by atoms with Crippen molar-refractivity contribution in [2.24, 2.45) is 0 Å². The van der Waals surface area contributed by atoms with E-state index in [2.05, 4.69) is 28.6 Å². The van der Waals surface area contributed by atoms with Gasteiger partial charge in [0.15, 0.2) is 5.69 Å². The molecule has 1 aromatic heterocycles. The van der Waals surface area contributed by atoms with E-state index in [0.29, 0.717) is 22.1 Å². The fourth-order valence-electron chi connectivity index (χ4n) is 2.60. The molecule has 5 nitrogen and oxygen atoms in total. The van der Waals surface area contributed by atoms with Gasteiger partial charge in [-0.1, -0.05) is 41.9 Å². The Bertz CT molecular complexity index is 933. The first-order valence-corrected chi connectivity index (χ1v) is 8.46. The first-order chi connectivity index (χ1) is 12.0. The van der Waals surface area contributed by atoms with Crippen LogP contribution in [-0.2, 0) is 6.42 Å². The van der Waals surface area contributed by atoms with Gasteiger partial charge in [0.1, 0.15) is 0 Å². The van der Waals surface area contributed by atoms with Crippen molar-refractivity contribution in [3.63, 3.8) is 0 Å². The van der Waals surface area contributed by atoms with Gasteiger partial charge in [-0.2, -0.15) is 0 Å². The summed E-state index contributed by atoms with van der Waals surface area (Å²) in [5, 5.41) is 11.6. The third-order valence-electron chi connectivity index (χ3n) is 4.12. The summed E-state index contributed by atoms with van der Waals surface area (Å²) in [6.45, 7) is 5.84. The number of hydrogen-bond acceptors (Lipinski definition) is 3. The van der Waals surface area contributed by atoms with Crippen LogP contribution in [0.4, 0.5) is 5.69 Å². The highest BCUT2D eigenvalue weighted by Crippen LogP contribution is 2.21. The maximum atomic E-state index is 12.6. The number of nitrogens with one attached hydrogen (secondary N) is 1. The van der Waals surface area contributed by atoms with Gasteiger partial charge in [-0.3, -0.25) is 4.79 Å². The summed E-state index contributed by atoms with van der Waals surface area (Å²) in [5.41, 5.74) is 4.67. The van der Waals surface area contributed by atoms with E-state index in [-0.39, 0.29) is 5.91 Å². The minimum atomic E-state index is -0.305. The Morgan fingerprint density at radius 3 is 2.76 bits per heavy atom. The molecule has 1 heterocycles. The van der Waals surface area contributed by atoms with E-state index in [1.807, 2.05) is 38.1 Å². The van der Waals surface area contributed by atoms with Crippen molar-refractivity contribution >= 4 is 23.2 Å². The molecule has 0 bridgehead atoms. The standard InChI is InChI=1S/C19H19ClN4O/c1-4-14-6-5-7-16(10-14)24-13(3)18(22-23-24)19(25)21-17-11-15(20)9-8-12(17)2/h5-11H,4H2,1-3H3,(H,21,25). The lowest BCUT2D eigenvalue weighted by molar-refractivity contribution is 0.102. The number of anilines is 1. The van der Waals surface area contributed by atoms with Crippen LogP contribution in [0.2, 0.25) is 5.02 Å². The van der Waals surface area contributed by atoms with Gasteiger partial charge in [0.2, 0.25) is 0 Å². The van der Waals surface area contributed by atoms with Crippen LogP contribution in [0.3, 0.4) is 0 Å². The largest absolute Gasteiger partial charge is 0.320 e. The van der Waals surface area contributed by atoms with Crippen LogP contribution in [0.25, 0.3) is 5.69 Å². The molecule has 0 unspecified atom stereocenters. The van der Waals surface area contributed by atoms with Crippen LogP contribution >= 0.6 is 11.6 Å². The molecule has 0 saturated carbocycles. The molecule has 0 saturated heterocycles. The highest BCUT2D eigenvalue weighted by molar-refractivity contribution is 6.31. The van der Waals surface area contributed by atoms with Crippen LogP contribution in [0.1, 0.15) is 34.2 Å². The maximum absolute atomic E-state index is 12.6. The summed E-state index contributed by atoms with van der Waals surface area (Å²) in [4.78, 5) is 12.6. The van der Waals surface area contributed by atoms with Gasteiger partial charge in [-0.25, -0.2) is 4.68 Å². The van der Waals surface area contributed by atoms with Crippen LogP contribution < -0.4 is 5.32 Å². The Balaban J connectivity index is 1.90. The molecular weight excluding hydrogens is 336 g/mol. The zero-order valence-electron chi connectivity index (χ0n) is 14.4. The van der Waals surface area contributed by atoms with Crippen LogP contribution in [0, 0.1) is 13.8 Å². The second-order valence-corrected chi connectivity index (χ2v) is 6.31. The highest BCUT2D eigenvalue weighted by Gasteiger charge is 2.18. The number of aryl methyl sites for hydroxylation is 2. The summed E-state index contributed by atoms with van der Waals surface area (Å²) in [6.07, 6.45) is 0.934. The SMILES string of the molecule is CCc1cccc(-n2nnc(C(=O)Nc3cc(Cl)ccc3C)c2C)c1. The lowest BCUT2D eigenvalue weighted by Gasteiger charge is -2.08. The summed E-state index contributed by atoms with van der Waals surface area (Å²) < 4.78 is 1.68. The van der Waals surface area contributed by atoms with Gasteiger partial charge in [0.25, 0.3) is 5.91 Å². The average Bonchev–Trinajstić information content (AvgIpc) is 3.00. The quantitative estimate of drug-likeness (QED) is 0.757. The Kier molecular flexibility index (Phi) is 4.86. The predicted octanol–water partition coefficient (Wildman–Crippen LogP) is 4.35. The number of carbonyl (C=O) groups is 1. The molecule has 0 spiro atoms. The van der Waals surface area contributed by atoms with Crippen molar-refractivity contribution in [3.05, 3.63) is 70.0 Å². The fraction of sp³-hybridized carbons (Fsp3) is 0.211. The van der Waals surface area contributed by atoms with Crippen molar-refractivity contribution < 1.29 is 4.79 Å². The average molecular weight is 355 g/mol. The molecule has 0 fully saturated rings. The zero-order valence-corrected chi connectivity index (χ0v) is 15.1. The maximum Gasteiger partial charge on any atom is 0.278 e. The number of benzene rings is 2. The topological polar surface area (TPSA) is 59.8 Å². The van der Waals surface area contributed by atoms with Gasteiger partial charge in [-0.15, -0.1) is 5.10 Å². The number of carbonyl (C=O) groups excluding carboxylic acids is 1. The van der Waals surface area contributed by atoms with Gasteiger partial charge in [-0.05, 0) is 55.7 Å². The van der Waals surface area contributed by atoms with E-state index in [4.69, 9.17) is 11.6 Å². The zero-order chi connectivity index (χ0) is 18.0.